The van der Waals surface area contributed by atoms with E-state index < -0.39 is 10.0 Å². The summed E-state index contributed by atoms with van der Waals surface area (Å²) < 4.78 is 28.8. The molecule has 0 aliphatic heterocycles. The average Bonchev–Trinajstić information content (AvgIpc) is 2.63. The van der Waals surface area contributed by atoms with Gasteiger partial charge < -0.3 is 5.73 Å². The highest BCUT2D eigenvalue weighted by Crippen LogP contribution is 2.30. The Kier molecular flexibility index (Phi) is 3.87. The van der Waals surface area contributed by atoms with E-state index >= 15 is 0 Å². The van der Waals surface area contributed by atoms with E-state index in [1.54, 1.807) is 7.05 Å². The van der Waals surface area contributed by atoms with Crippen LogP contribution >= 0.6 is 0 Å². The molecule has 1 saturated carbocycles. The molecule has 0 saturated heterocycles. The smallest absolute Gasteiger partial charge is 0.246 e. The van der Waals surface area contributed by atoms with Crippen LogP contribution in [0.1, 0.15) is 33.1 Å². The maximum absolute atomic E-state index is 12.3. The molecule has 1 aliphatic rings. The van der Waals surface area contributed by atoms with E-state index in [-0.39, 0.29) is 16.8 Å². The predicted octanol–water partition coefficient (Wildman–Crippen LogP) is 1.11. The second-order valence-electron chi connectivity index (χ2n) is 5.68. The largest absolute Gasteiger partial charge is 0.381 e. The number of nitrogens with one attached hydrogen (secondary N) is 1. The van der Waals surface area contributed by atoms with Crippen molar-refractivity contribution in [1.29, 1.82) is 0 Å². The summed E-state index contributed by atoms with van der Waals surface area (Å²) in [6.07, 6.45) is 4.42. The fourth-order valence-corrected chi connectivity index (χ4v) is 4.28. The van der Waals surface area contributed by atoms with Crippen LogP contribution < -0.4 is 10.5 Å². The Balaban J connectivity index is 2.16. The van der Waals surface area contributed by atoms with Crippen LogP contribution in [0.3, 0.4) is 0 Å². The normalized spacial score (nSPS) is 28.5. The number of nitrogen functional groups attached to an aromatic ring is 1. The van der Waals surface area contributed by atoms with E-state index in [2.05, 4.69) is 23.7 Å². The summed E-state index contributed by atoms with van der Waals surface area (Å²) in [4.78, 5) is 0.0702. The highest BCUT2D eigenvalue weighted by atomic mass is 32.2. The molecule has 3 N–H and O–H groups in total. The van der Waals surface area contributed by atoms with Gasteiger partial charge in [0, 0.05) is 19.3 Å². The van der Waals surface area contributed by atoms with Crippen molar-refractivity contribution in [1.82, 2.24) is 14.5 Å². The van der Waals surface area contributed by atoms with Crippen LogP contribution in [0.5, 0.6) is 0 Å². The number of aryl methyl sites for hydroxylation is 1. The molecule has 0 bridgehead atoms. The Bertz CT molecular complexity index is 552. The van der Waals surface area contributed by atoms with Crippen molar-refractivity contribution >= 4 is 15.8 Å². The van der Waals surface area contributed by atoms with Gasteiger partial charge in [0.05, 0.1) is 0 Å². The Morgan fingerprint density at radius 1 is 1.42 bits per heavy atom. The van der Waals surface area contributed by atoms with Gasteiger partial charge in [0.1, 0.15) is 4.90 Å². The lowest BCUT2D eigenvalue weighted by molar-refractivity contribution is 0.249. The zero-order valence-corrected chi connectivity index (χ0v) is 12.4. The van der Waals surface area contributed by atoms with Gasteiger partial charge in [-0.05, 0) is 31.1 Å². The number of nitrogens with two attached hydrogens (primary N) is 1. The number of hydrogen-bond donors (Lipinski definition) is 2. The zero-order chi connectivity index (χ0) is 14.2. The lowest BCUT2D eigenvalue weighted by Gasteiger charge is -2.32. The summed E-state index contributed by atoms with van der Waals surface area (Å²) in [5, 5.41) is 3.88. The molecular formula is C12H22N4O2S. The van der Waals surface area contributed by atoms with Gasteiger partial charge in [-0.2, -0.15) is 5.10 Å². The minimum Gasteiger partial charge on any atom is -0.381 e. The van der Waals surface area contributed by atoms with Gasteiger partial charge in [-0.25, -0.2) is 13.1 Å². The molecule has 1 aliphatic carbocycles. The average molecular weight is 286 g/mol. The summed E-state index contributed by atoms with van der Waals surface area (Å²) >= 11 is 0. The van der Waals surface area contributed by atoms with E-state index in [1.165, 1.54) is 10.9 Å². The van der Waals surface area contributed by atoms with Crippen LogP contribution in [-0.2, 0) is 17.1 Å². The third-order valence-electron chi connectivity index (χ3n) is 3.85. The molecule has 6 nitrogen and oxygen atoms in total. The van der Waals surface area contributed by atoms with Crippen LogP contribution in [0.15, 0.2) is 11.1 Å². The quantitative estimate of drug-likeness (QED) is 0.871. The molecule has 3 unspecified atom stereocenters. The fourth-order valence-electron chi connectivity index (χ4n) is 2.79. The molecule has 0 amide bonds. The first-order chi connectivity index (χ1) is 8.79. The van der Waals surface area contributed by atoms with E-state index in [0.29, 0.717) is 11.8 Å². The highest BCUT2D eigenvalue weighted by molar-refractivity contribution is 7.89. The van der Waals surface area contributed by atoms with E-state index in [0.717, 1.165) is 19.3 Å². The van der Waals surface area contributed by atoms with Gasteiger partial charge in [0.25, 0.3) is 0 Å². The Labute approximate surface area is 114 Å². The standard InChI is InChI=1S/C12H22N4O2S/c1-8-4-5-10(9(2)6-8)15-19(17,18)11-7-16(3)14-12(11)13/h7-10,15H,4-6H2,1-3H3,(H2,13,14). The minimum atomic E-state index is -3.58. The molecule has 1 heterocycles. The van der Waals surface area contributed by atoms with E-state index in [4.69, 9.17) is 5.73 Å². The summed E-state index contributed by atoms with van der Waals surface area (Å²) in [5.74, 6) is 1.06. The van der Waals surface area contributed by atoms with E-state index in [9.17, 15) is 8.42 Å². The monoisotopic (exact) mass is 286 g/mol. The van der Waals surface area contributed by atoms with Crippen molar-refractivity contribution in [3.63, 3.8) is 0 Å². The van der Waals surface area contributed by atoms with Crippen LogP contribution in [-0.4, -0.2) is 24.2 Å². The van der Waals surface area contributed by atoms with Crippen molar-refractivity contribution in [2.24, 2.45) is 18.9 Å². The van der Waals surface area contributed by atoms with E-state index in [1.807, 2.05) is 0 Å². The van der Waals surface area contributed by atoms with Crippen molar-refractivity contribution in [2.75, 3.05) is 5.73 Å². The van der Waals surface area contributed by atoms with Crippen LogP contribution in [0.4, 0.5) is 5.82 Å². The minimum absolute atomic E-state index is 0.0131. The topological polar surface area (TPSA) is 90.0 Å². The molecule has 2 rings (SSSR count). The lowest BCUT2D eigenvalue weighted by Crippen LogP contribution is -2.42. The fraction of sp³-hybridized carbons (Fsp3) is 0.750. The number of aromatic nitrogens is 2. The Morgan fingerprint density at radius 2 is 2.11 bits per heavy atom. The van der Waals surface area contributed by atoms with Crippen molar-refractivity contribution in [3.05, 3.63) is 6.20 Å². The van der Waals surface area contributed by atoms with Gasteiger partial charge in [-0.3, -0.25) is 4.68 Å². The number of rotatable bonds is 3. The third kappa shape index (κ3) is 3.09. The second kappa shape index (κ2) is 5.13. The summed E-state index contributed by atoms with van der Waals surface area (Å²) in [5.41, 5.74) is 5.64. The molecule has 7 heteroatoms. The maximum Gasteiger partial charge on any atom is 0.246 e. The molecule has 3 atom stereocenters. The first-order valence-corrected chi connectivity index (χ1v) is 8.09. The van der Waals surface area contributed by atoms with Crippen molar-refractivity contribution in [2.45, 2.75) is 44.0 Å². The van der Waals surface area contributed by atoms with Crippen molar-refractivity contribution in [3.8, 4) is 0 Å². The molecule has 1 aromatic heterocycles. The lowest BCUT2D eigenvalue weighted by atomic mass is 9.80. The molecule has 0 aromatic carbocycles. The van der Waals surface area contributed by atoms with Crippen LogP contribution in [0, 0.1) is 11.8 Å². The second-order valence-corrected chi connectivity index (χ2v) is 7.36. The zero-order valence-electron chi connectivity index (χ0n) is 11.6. The van der Waals surface area contributed by atoms with Gasteiger partial charge in [-0.1, -0.05) is 13.8 Å². The molecule has 1 fully saturated rings. The van der Waals surface area contributed by atoms with Crippen LogP contribution in [0.25, 0.3) is 0 Å². The van der Waals surface area contributed by atoms with Gasteiger partial charge in [-0.15, -0.1) is 0 Å². The predicted molar refractivity (Wildman–Crippen MR) is 73.9 cm³/mol. The summed E-state index contributed by atoms with van der Waals surface area (Å²) in [6, 6.07) is -0.0131. The summed E-state index contributed by atoms with van der Waals surface area (Å²) in [7, 11) is -1.93. The molecule has 108 valence electrons. The van der Waals surface area contributed by atoms with Crippen LogP contribution in [0.2, 0.25) is 0 Å². The highest BCUT2D eigenvalue weighted by Gasteiger charge is 2.30. The molecule has 0 radical (unpaired) electrons. The molecule has 1 aromatic rings. The Morgan fingerprint density at radius 3 is 2.63 bits per heavy atom. The summed E-state index contributed by atoms with van der Waals surface area (Å²) in [6.45, 7) is 4.30. The SMILES string of the molecule is CC1CCC(NS(=O)(=O)c2cn(C)nc2N)C(C)C1. The van der Waals surface area contributed by atoms with Crippen molar-refractivity contribution < 1.29 is 8.42 Å². The number of nitrogens with zero attached hydrogens (tertiary/aromatic N) is 2. The number of anilines is 1. The maximum atomic E-state index is 12.3. The number of hydrogen-bond acceptors (Lipinski definition) is 4. The Hall–Kier alpha value is -1.08. The first-order valence-electron chi connectivity index (χ1n) is 6.61. The first kappa shape index (κ1) is 14.3. The molecule has 19 heavy (non-hydrogen) atoms. The van der Waals surface area contributed by atoms with Gasteiger partial charge in [0.15, 0.2) is 5.82 Å². The van der Waals surface area contributed by atoms with Gasteiger partial charge in [0.2, 0.25) is 10.0 Å². The van der Waals surface area contributed by atoms with Gasteiger partial charge >= 0.3 is 0 Å². The molecule has 0 spiro atoms. The molecular weight excluding hydrogens is 264 g/mol. The third-order valence-corrected chi connectivity index (χ3v) is 5.36. The number of sulfonamides is 1.